The van der Waals surface area contributed by atoms with Crippen molar-refractivity contribution in [2.75, 3.05) is 23.6 Å². The summed E-state index contributed by atoms with van der Waals surface area (Å²) in [7, 11) is 0. The van der Waals surface area contributed by atoms with Gasteiger partial charge in [0.2, 0.25) is 0 Å². The van der Waals surface area contributed by atoms with Crippen molar-refractivity contribution in [1.82, 2.24) is 0 Å². The van der Waals surface area contributed by atoms with Crippen molar-refractivity contribution in [1.29, 1.82) is 0 Å². The molecule has 0 heterocycles. The standard InChI is InChI=1S/C10H14Cl2N2/c11-4-5-14-9-3-1-2-8(6-9)10(13)7-12/h1-3,6,10,14H,4-5,7,13H2. The molecule has 0 aromatic heterocycles. The lowest BCUT2D eigenvalue weighted by Gasteiger charge is -2.10. The molecule has 0 aliphatic rings. The predicted octanol–water partition coefficient (Wildman–Crippen LogP) is 2.58. The average Bonchev–Trinajstić information content (AvgIpc) is 2.25. The summed E-state index contributed by atoms with van der Waals surface area (Å²) < 4.78 is 0. The molecule has 4 heteroatoms. The van der Waals surface area contributed by atoms with Gasteiger partial charge in [0.1, 0.15) is 0 Å². The van der Waals surface area contributed by atoms with Crippen molar-refractivity contribution >= 4 is 28.9 Å². The molecule has 0 amide bonds. The van der Waals surface area contributed by atoms with E-state index >= 15 is 0 Å². The van der Waals surface area contributed by atoms with E-state index in [9.17, 15) is 0 Å². The maximum Gasteiger partial charge on any atom is 0.0433 e. The van der Waals surface area contributed by atoms with Gasteiger partial charge in [-0.1, -0.05) is 12.1 Å². The Balaban J connectivity index is 2.68. The number of rotatable bonds is 5. The van der Waals surface area contributed by atoms with Gasteiger partial charge >= 0.3 is 0 Å². The molecule has 0 spiro atoms. The van der Waals surface area contributed by atoms with E-state index in [1.165, 1.54) is 0 Å². The molecule has 3 N–H and O–H groups in total. The number of hydrogen-bond acceptors (Lipinski definition) is 2. The van der Waals surface area contributed by atoms with Crippen LogP contribution < -0.4 is 11.1 Å². The molecule has 0 bridgehead atoms. The van der Waals surface area contributed by atoms with Crippen LogP contribution in [-0.4, -0.2) is 18.3 Å². The minimum absolute atomic E-state index is 0.102. The first kappa shape index (κ1) is 11.6. The van der Waals surface area contributed by atoms with E-state index in [0.717, 1.165) is 17.8 Å². The van der Waals surface area contributed by atoms with Crippen LogP contribution in [0, 0.1) is 0 Å². The molecule has 1 rings (SSSR count). The van der Waals surface area contributed by atoms with Gasteiger partial charge in [-0.3, -0.25) is 0 Å². The van der Waals surface area contributed by atoms with Crippen molar-refractivity contribution in [3.8, 4) is 0 Å². The fourth-order valence-corrected chi connectivity index (χ4v) is 1.43. The zero-order chi connectivity index (χ0) is 10.4. The lowest BCUT2D eigenvalue weighted by molar-refractivity contribution is 0.826. The topological polar surface area (TPSA) is 38.0 Å². The minimum Gasteiger partial charge on any atom is -0.384 e. The van der Waals surface area contributed by atoms with Gasteiger partial charge in [0.15, 0.2) is 0 Å². The van der Waals surface area contributed by atoms with Crippen molar-refractivity contribution in [2.45, 2.75) is 6.04 Å². The Morgan fingerprint density at radius 3 is 2.79 bits per heavy atom. The number of anilines is 1. The van der Waals surface area contributed by atoms with Crippen molar-refractivity contribution < 1.29 is 0 Å². The lowest BCUT2D eigenvalue weighted by atomic mass is 10.1. The second-order valence-electron chi connectivity index (χ2n) is 3.00. The summed E-state index contributed by atoms with van der Waals surface area (Å²) >= 11 is 11.2. The molecule has 0 saturated heterocycles. The Kier molecular flexibility index (Phi) is 5.09. The molecule has 0 fully saturated rings. The number of halogens is 2. The fraction of sp³-hybridized carbons (Fsp3) is 0.400. The molecule has 1 atom stereocenters. The van der Waals surface area contributed by atoms with Gasteiger partial charge in [-0.05, 0) is 17.7 Å². The van der Waals surface area contributed by atoms with Gasteiger partial charge in [0.05, 0.1) is 0 Å². The third-order valence-corrected chi connectivity index (χ3v) is 2.43. The molecule has 0 saturated carbocycles. The second kappa shape index (κ2) is 6.12. The maximum atomic E-state index is 5.81. The number of alkyl halides is 2. The molecular formula is C10H14Cl2N2. The highest BCUT2D eigenvalue weighted by atomic mass is 35.5. The Bertz CT molecular complexity index is 279. The lowest BCUT2D eigenvalue weighted by Crippen LogP contribution is -2.12. The van der Waals surface area contributed by atoms with Crippen molar-refractivity contribution in [3.63, 3.8) is 0 Å². The van der Waals surface area contributed by atoms with Crippen LogP contribution in [0.1, 0.15) is 11.6 Å². The van der Waals surface area contributed by atoms with E-state index in [2.05, 4.69) is 5.32 Å². The van der Waals surface area contributed by atoms with E-state index in [0.29, 0.717) is 11.8 Å². The van der Waals surface area contributed by atoms with Gasteiger partial charge in [-0.25, -0.2) is 0 Å². The van der Waals surface area contributed by atoms with Crippen LogP contribution in [0.25, 0.3) is 0 Å². The summed E-state index contributed by atoms with van der Waals surface area (Å²) in [5.74, 6) is 1.02. The third kappa shape index (κ3) is 3.37. The monoisotopic (exact) mass is 232 g/mol. The highest BCUT2D eigenvalue weighted by Crippen LogP contribution is 2.16. The first-order valence-electron chi connectivity index (χ1n) is 4.49. The van der Waals surface area contributed by atoms with Crippen LogP contribution >= 0.6 is 23.2 Å². The highest BCUT2D eigenvalue weighted by Gasteiger charge is 2.03. The molecule has 78 valence electrons. The Morgan fingerprint density at radius 1 is 1.36 bits per heavy atom. The zero-order valence-electron chi connectivity index (χ0n) is 7.84. The summed E-state index contributed by atoms with van der Waals surface area (Å²) in [5, 5.41) is 3.18. The van der Waals surface area contributed by atoms with E-state index in [4.69, 9.17) is 28.9 Å². The van der Waals surface area contributed by atoms with Crippen LogP contribution in [0.3, 0.4) is 0 Å². The van der Waals surface area contributed by atoms with E-state index in [1.807, 2.05) is 24.3 Å². The summed E-state index contributed by atoms with van der Waals surface area (Å²) in [4.78, 5) is 0. The fourth-order valence-electron chi connectivity index (χ4n) is 1.16. The SMILES string of the molecule is NC(CCl)c1cccc(NCCCl)c1. The largest absolute Gasteiger partial charge is 0.384 e. The molecule has 0 aliphatic heterocycles. The Morgan fingerprint density at radius 2 is 2.14 bits per heavy atom. The quantitative estimate of drug-likeness (QED) is 0.767. The minimum atomic E-state index is -0.102. The summed E-state index contributed by atoms with van der Waals surface area (Å²) in [6.07, 6.45) is 0. The van der Waals surface area contributed by atoms with Gasteiger partial charge in [-0.15, -0.1) is 23.2 Å². The van der Waals surface area contributed by atoms with Gasteiger partial charge in [-0.2, -0.15) is 0 Å². The number of nitrogens with one attached hydrogen (secondary N) is 1. The first-order chi connectivity index (χ1) is 6.77. The summed E-state index contributed by atoms with van der Waals surface area (Å²) in [5.41, 5.74) is 7.88. The summed E-state index contributed by atoms with van der Waals surface area (Å²) in [6.45, 7) is 0.751. The Hall–Kier alpha value is -0.440. The summed E-state index contributed by atoms with van der Waals surface area (Å²) in [6, 6.07) is 7.81. The highest BCUT2D eigenvalue weighted by molar-refractivity contribution is 6.18. The van der Waals surface area contributed by atoms with Crippen LogP contribution in [0.4, 0.5) is 5.69 Å². The number of benzene rings is 1. The zero-order valence-corrected chi connectivity index (χ0v) is 9.35. The number of nitrogens with two attached hydrogens (primary N) is 1. The molecule has 2 nitrogen and oxygen atoms in total. The van der Waals surface area contributed by atoms with Gasteiger partial charge in [0.25, 0.3) is 0 Å². The molecule has 0 aliphatic carbocycles. The van der Waals surface area contributed by atoms with E-state index in [1.54, 1.807) is 0 Å². The molecule has 1 aromatic carbocycles. The average molecular weight is 233 g/mol. The first-order valence-corrected chi connectivity index (χ1v) is 5.56. The maximum absolute atomic E-state index is 5.81. The molecule has 0 radical (unpaired) electrons. The van der Waals surface area contributed by atoms with Gasteiger partial charge < -0.3 is 11.1 Å². The third-order valence-electron chi connectivity index (χ3n) is 1.90. The van der Waals surface area contributed by atoms with E-state index in [-0.39, 0.29) is 6.04 Å². The normalized spacial score (nSPS) is 12.5. The predicted molar refractivity (Wildman–Crippen MR) is 63.3 cm³/mol. The van der Waals surface area contributed by atoms with Gasteiger partial charge in [0, 0.05) is 30.0 Å². The van der Waals surface area contributed by atoms with Crippen molar-refractivity contribution in [2.24, 2.45) is 5.73 Å². The van der Waals surface area contributed by atoms with Crippen LogP contribution in [0.5, 0.6) is 0 Å². The number of hydrogen-bond donors (Lipinski definition) is 2. The Labute approximate surface area is 94.4 Å². The molecule has 14 heavy (non-hydrogen) atoms. The second-order valence-corrected chi connectivity index (χ2v) is 3.69. The molecule has 1 unspecified atom stereocenters. The van der Waals surface area contributed by atoms with Crippen LogP contribution in [-0.2, 0) is 0 Å². The molecular weight excluding hydrogens is 219 g/mol. The van der Waals surface area contributed by atoms with Crippen molar-refractivity contribution in [3.05, 3.63) is 29.8 Å². The smallest absolute Gasteiger partial charge is 0.0433 e. The van der Waals surface area contributed by atoms with E-state index < -0.39 is 0 Å². The molecule has 1 aromatic rings. The van der Waals surface area contributed by atoms with Crippen LogP contribution in [0.2, 0.25) is 0 Å². The van der Waals surface area contributed by atoms with Crippen LogP contribution in [0.15, 0.2) is 24.3 Å².